The third-order valence-corrected chi connectivity index (χ3v) is 5.28. The summed E-state index contributed by atoms with van der Waals surface area (Å²) < 4.78 is 1.46. The van der Waals surface area contributed by atoms with Crippen molar-refractivity contribution in [1.82, 2.24) is 9.47 Å². The largest absolute Gasteiger partial charge is 0.481 e. The molecule has 1 aromatic rings. The highest BCUT2D eigenvalue weighted by Crippen LogP contribution is 2.44. The first-order chi connectivity index (χ1) is 10.8. The van der Waals surface area contributed by atoms with Crippen molar-refractivity contribution in [3.8, 4) is 0 Å². The fourth-order valence-corrected chi connectivity index (χ4v) is 3.66. The van der Waals surface area contributed by atoms with E-state index in [9.17, 15) is 19.5 Å². The summed E-state index contributed by atoms with van der Waals surface area (Å²) >= 11 is 0. The number of pyridine rings is 1. The summed E-state index contributed by atoms with van der Waals surface area (Å²) in [6.45, 7) is 4.22. The number of aromatic nitrogens is 1. The molecular weight excluding hydrogens is 296 g/mol. The normalized spacial score (nSPS) is 24.0. The first-order valence-corrected chi connectivity index (χ1v) is 8.00. The quantitative estimate of drug-likeness (QED) is 0.908. The topological polar surface area (TPSA) is 79.6 Å². The van der Waals surface area contributed by atoms with Crippen molar-refractivity contribution in [2.45, 2.75) is 26.7 Å². The van der Waals surface area contributed by atoms with Gasteiger partial charge in [0.2, 0.25) is 0 Å². The van der Waals surface area contributed by atoms with Gasteiger partial charge in [-0.3, -0.25) is 14.4 Å². The number of carboxylic acid groups (broad SMARTS) is 1. The van der Waals surface area contributed by atoms with Gasteiger partial charge < -0.3 is 14.6 Å². The van der Waals surface area contributed by atoms with Crippen LogP contribution < -0.4 is 5.56 Å². The van der Waals surface area contributed by atoms with Crippen LogP contribution in [0.4, 0.5) is 0 Å². The van der Waals surface area contributed by atoms with Crippen LogP contribution in [-0.2, 0) is 11.8 Å². The fraction of sp³-hybridized carbons (Fsp3) is 0.588. The van der Waals surface area contributed by atoms with Crippen molar-refractivity contribution in [2.24, 2.45) is 24.8 Å². The van der Waals surface area contributed by atoms with Crippen molar-refractivity contribution in [2.75, 3.05) is 13.1 Å². The zero-order valence-electron chi connectivity index (χ0n) is 13.7. The van der Waals surface area contributed by atoms with Gasteiger partial charge in [0.1, 0.15) is 5.56 Å². The number of rotatable bonds is 3. The number of carbonyl (C=O) groups excluding carboxylic acids is 1. The molecule has 3 rings (SSSR count). The number of carbonyl (C=O) groups is 2. The number of aryl methyl sites for hydroxylation is 2. The predicted molar refractivity (Wildman–Crippen MR) is 84.4 cm³/mol. The van der Waals surface area contributed by atoms with Gasteiger partial charge >= 0.3 is 5.97 Å². The van der Waals surface area contributed by atoms with Gasteiger partial charge in [0.25, 0.3) is 11.5 Å². The number of hydrogen-bond acceptors (Lipinski definition) is 3. The van der Waals surface area contributed by atoms with Gasteiger partial charge in [0, 0.05) is 25.8 Å². The molecule has 1 aliphatic carbocycles. The molecule has 2 fully saturated rings. The van der Waals surface area contributed by atoms with Gasteiger partial charge in [0.15, 0.2) is 0 Å². The van der Waals surface area contributed by atoms with Crippen LogP contribution in [0.25, 0.3) is 0 Å². The molecule has 23 heavy (non-hydrogen) atoms. The van der Waals surface area contributed by atoms with E-state index in [-0.39, 0.29) is 29.5 Å². The van der Waals surface area contributed by atoms with E-state index in [0.717, 1.165) is 18.5 Å². The molecule has 2 aliphatic rings. The third kappa shape index (κ3) is 2.66. The van der Waals surface area contributed by atoms with Crippen LogP contribution in [0.15, 0.2) is 10.9 Å². The van der Waals surface area contributed by atoms with Crippen LogP contribution in [0.1, 0.15) is 34.5 Å². The SMILES string of the molecule is Cc1cc(C)n(C)c(=O)c1C(=O)N1C[C@@H](C(=O)O)[C@H](C2CC2)C1. The Balaban J connectivity index is 1.91. The van der Waals surface area contributed by atoms with Crippen LogP contribution in [-0.4, -0.2) is 39.5 Å². The number of nitrogens with zero attached hydrogens (tertiary/aromatic N) is 2. The second kappa shape index (κ2) is 5.51. The van der Waals surface area contributed by atoms with Gasteiger partial charge in [0.05, 0.1) is 5.92 Å². The molecule has 124 valence electrons. The molecule has 6 nitrogen and oxygen atoms in total. The van der Waals surface area contributed by atoms with Crippen molar-refractivity contribution in [3.05, 3.63) is 33.2 Å². The first kappa shape index (κ1) is 15.8. The molecule has 0 radical (unpaired) electrons. The van der Waals surface area contributed by atoms with Crippen molar-refractivity contribution < 1.29 is 14.7 Å². The summed E-state index contributed by atoms with van der Waals surface area (Å²) in [5, 5.41) is 9.42. The number of likely N-dealkylation sites (tertiary alicyclic amines) is 1. The lowest BCUT2D eigenvalue weighted by Crippen LogP contribution is -2.37. The van der Waals surface area contributed by atoms with Crippen LogP contribution >= 0.6 is 0 Å². The maximum atomic E-state index is 12.8. The zero-order chi connectivity index (χ0) is 16.9. The lowest BCUT2D eigenvalue weighted by atomic mass is 9.92. The van der Waals surface area contributed by atoms with Gasteiger partial charge in [-0.2, -0.15) is 0 Å². The van der Waals surface area contributed by atoms with E-state index >= 15 is 0 Å². The lowest BCUT2D eigenvalue weighted by Gasteiger charge is -2.18. The van der Waals surface area contributed by atoms with Gasteiger partial charge in [-0.15, -0.1) is 0 Å². The average molecular weight is 318 g/mol. The van der Waals surface area contributed by atoms with E-state index in [1.54, 1.807) is 18.9 Å². The van der Waals surface area contributed by atoms with Crippen LogP contribution in [0.5, 0.6) is 0 Å². The fourth-order valence-electron chi connectivity index (χ4n) is 3.66. The highest BCUT2D eigenvalue weighted by molar-refractivity contribution is 5.96. The lowest BCUT2D eigenvalue weighted by molar-refractivity contribution is -0.142. The monoisotopic (exact) mass is 318 g/mol. The van der Waals surface area contributed by atoms with Gasteiger partial charge in [-0.25, -0.2) is 0 Å². The summed E-state index contributed by atoms with van der Waals surface area (Å²) in [5.74, 6) is -1.26. The van der Waals surface area contributed by atoms with E-state index in [2.05, 4.69) is 0 Å². The molecule has 0 bridgehead atoms. The molecule has 1 aromatic heterocycles. The highest BCUT2D eigenvalue weighted by atomic mass is 16.4. The van der Waals surface area contributed by atoms with Crippen LogP contribution in [0.3, 0.4) is 0 Å². The predicted octanol–water partition coefficient (Wildman–Crippen LogP) is 1.18. The molecule has 1 amide bonds. The van der Waals surface area contributed by atoms with Crippen molar-refractivity contribution in [1.29, 1.82) is 0 Å². The first-order valence-electron chi connectivity index (χ1n) is 8.00. The Kier molecular flexibility index (Phi) is 3.78. The molecule has 0 spiro atoms. The minimum Gasteiger partial charge on any atom is -0.481 e. The third-order valence-electron chi connectivity index (χ3n) is 5.28. The summed E-state index contributed by atoms with van der Waals surface area (Å²) in [7, 11) is 1.64. The summed E-state index contributed by atoms with van der Waals surface area (Å²) in [6, 6.07) is 1.82. The van der Waals surface area contributed by atoms with Gasteiger partial charge in [-0.05, 0) is 50.2 Å². The Morgan fingerprint density at radius 2 is 1.87 bits per heavy atom. The van der Waals surface area contributed by atoms with Gasteiger partial charge in [-0.1, -0.05) is 0 Å². The van der Waals surface area contributed by atoms with Crippen molar-refractivity contribution in [3.63, 3.8) is 0 Å². The second-order valence-corrected chi connectivity index (χ2v) is 6.86. The Morgan fingerprint density at radius 1 is 1.22 bits per heavy atom. The van der Waals surface area contributed by atoms with Crippen LogP contribution in [0.2, 0.25) is 0 Å². The maximum absolute atomic E-state index is 12.8. The maximum Gasteiger partial charge on any atom is 0.308 e. The number of aliphatic carboxylic acids is 1. The van der Waals surface area contributed by atoms with E-state index in [0.29, 0.717) is 18.0 Å². The number of amides is 1. The summed E-state index contributed by atoms with van der Waals surface area (Å²) in [4.78, 5) is 38.3. The van der Waals surface area contributed by atoms with E-state index in [1.165, 1.54) is 4.57 Å². The Hall–Kier alpha value is -2.11. The minimum absolute atomic E-state index is 0.0195. The average Bonchev–Trinajstić information content (AvgIpc) is 3.23. The molecule has 1 aliphatic heterocycles. The Bertz CT molecular complexity index is 733. The number of carboxylic acids is 1. The highest BCUT2D eigenvalue weighted by Gasteiger charge is 2.47. The molecular formula is C17H22N2O4. The molecule has 0 aromatic carbocycles. The molecule has 6 heteroatoms. The van der Waals surface area contributed by atoms with E-state index < -0.39 is 11.9 Å². The van der Waals surface area contributed by atoms with E-state index in [4.69, 9.17) is 0 Å². The smallest absolute Gasteiger partial charge is 0.308 e. The van der Waals surface area contributed by atoms with E-state index in [1.807, 2.05) is 13.0 Å². The Morgan fingerprint density at radius 3 is 2.43 bits per heavy atom. The molecule has 1 saturated heterocycles. The van der Waals surface area contributed by atoms with Crippen molar-refractivity contribution >= 4 is 11.9 Å². The molecule has 0 unspecified atom stereocenters. The second-order valence-electron chi connectivity index (χ2n) is 6.86. The minimum atomic E-state index is -0.842. The number of hydrogen-bond donors (Lipinski definition) is 1. The standard InChI is InChI=1S/C17H22N2O4/c1-9-6-10(2)18(3)15(20)14(9)16(21)19-7-12(11-4-5-11)13(8-19)17(22)23/h6,11-13H,4-5,7-8H2,1-3H3,(H,22,23)/t12-,13+/m0/s1. The Labute approximate surface area is 134 Å². The summed E-state index contributed by atoms with van der Waals surface area (Å²) in [5.41, 5.74) is 1.30. The summed E-state index contributed by atoms with van der Waals surface area (Å²) in [6.07, 6.45) is 2.09. The zero-order valence-corrected chi connectivity index (χ0v) is 13.7. The molecule has 1 saturated carbocycles. The van der Waals surface area contributed by atoms with Crippen LogP contribution in [0, 0.1) is 31.6 Å². The molecule has 2 heterocycles. The molecule has 2 atom stereocenters. The molecule has 1 N–H and O–H groups in total.